The van der Waals surface area contributed by atoms with Crippen molar-refractivity contribution in [2.45, 2.75) is 31.7 Å². The number of nitrogens with one attached hydrogen (secondary N) is 1. The van der Waals surface area contributed by atoms with Crippen LogP contribution in [0, 0.1) is 0 Å². The van der Waals surface area contributed by atoms with Gasteiger partial charge in [-0.15, -0.1) is 0 Å². The van der Waals surface area contributed by atoms with Crippen LogP contribution in [0.4, 0.5) is 0 Å². The summed E-state index contributed by atoms with van der Waals surface area (Å²) in [5.74, 6) is 0. The summed E-state index contributed by atoms with van der Waals surface area (Å²) in [4.78, 5) is 0. The molecule has 0 aromatic heterocycles. The Kier molecular flexibility index (Phi) is 6.56. The molecule has 0 atom stereocenters. The van der Waals surface area contributed by atoms with Crippen LogP contribution in [0.5, 0.6) is 0 Å². The summed E-state index contributed by atoms with van der Waals surface area (Å²) in [6.45, 7) is 9.38. The molecule has 2 nitrogen and oxygen atoms in total. The molecule has 1 fully saturated rings. The molecule has 0 saturated heterocycles. The number of methoxy groups -OCH3 is 1. The molecule has 1 saturated carbocycles. The van der Waals surface area contributed by atoms with E-state index >= 15 is 0 Å². The van der Waals surface area contributed by atoms with E-state index in [0.717, 1.165) is 37.1 Å². The minimum absolute atomic E-state index is 0.603. The topological polar surface area (TPSA) is 21.3 Å². The van der Waals surface area contributed by atoms with Crippen LogP contribution in [0.15, 0.2) is 35.4 Å². The average molecular weight is 256 g/mol. The van der Waals surface area contributed by atoms with Crippen molar-refractivity contribution in [2.75, 3.05) is 20.3 Å². The van der Waals surface area contributed by atoms with Gasteiger partial charge < -0.3 is 10.1 Å². The van der Waals surface area contributed by atoms with Gasteiger partial charge in [-0.25, -0.2) is 0 Å². The van der Waals surface area contributed by atoms with Gasteiger partial charge in [-0.3, -0.25) is 0 Å². The van der Waals surface area contributed by atoms with E-state index in [1.807, 2.05) is 6.08 Å². The van der Waals surface area contributed by atoms with Crippen LogP contribution in [0.2, 0.25) is 0 Å². The molecular weight excluding hydrogens is 234 g/mol. The lowest BCUT2D eigenvalue weighted by atomic mass is 10.1. The van der Waals surface area contributed by atoms with Crippen molar-refractivity contribution in [3.05, 3.63) is 35.4 Å². The van der Waals surface area contributed by atoms with E-state index in [1.54, 1.807) is 7.11 Å². The molecule has 0 radical (unpaired) electrons. The molecule has 3 heteroatoms. The first-order valence-electron chi connectivity index (χ1n) is 6.09. The van der Waals surface area contributed by atoms with Gasteiger partial charge in [-0.1, -0.05) is 36.4 Å². The molecule has 0 aromatic rings. The molecule has 0 heterocycles. The average Bonchev–Trinajstić information content (AvgIpc) is 3.08. The third kappa shape index (κ3) is 6.67. The third-order valence-corrected chi connectivity index (χ3v) is 2.97. The monoisotopic (exact) mass is 255 g/mol. The van der Waals surface area contributed by atoms with Gasteiger partial charge in [0.2, 0.25) is 0 Å². The number of ether oxygens (including phenoxy) is 1. The van der Waals surface area contributed by atoms with E-state index in [-0.39, 0.29) is 0 Å². The first-order valence-corrected chi connectivity index (χ1v) is 6.46. The Hall–Kier alpha value is -0.570. The fraction of sp³-hybridized carbons (Fsp3) is 0.571. The van der Waals surface area contributed by atoms with Crippen LogP contribution in [0.1, 0.15) is 25.7 Å². The van der Waals surface area contributed by atoms with Gasteiger partial charge in [0, 0.05) is 31.3 Å². The summed E-state index contributed by atoms with van der Waals surface area (Å²) in [6, 6.07) is 0.677. The Balaban J connectivity index is 2.37. The van der Waals surface area contributed by atoms with Gasteiger partial charge in [0.1, 0.15) is 0 Å². The van der Waals surface area contributed by atoms with Crippen molar-refractivity contribution in [3.8, 4) is 0 Å². The summed E-state index contributed by atoms with van der Waals surface area (Å²) in [5.41, 5.74) is 2.12. The van der Waals surface area contributed by atoms with Crippen LogP contribution < -0.4 is 5.32 Å². The first-order chi connectivity index (χ1) is 8.13. The predicted molar refractivity (Wildman–Crippen MR) is 74.4 cm³/mol. The van der Waals surface area contributed by atoms with E-state index in [1.165, 1.54) is 12.8 Å². The number of rotatable bonds is 9. The van der Waals surface area contributed by atoms with Gasteiger partial charge in [0.05, 0.1) is 0 Å². The minimum atomic E-state index is 0.603. The first kappa shape index (κ1) is 14.5. The van der Waals surface area contributed by atoms with Crippen molar-refractivity contribution in [2.24, 2.45) is 0 Å². The zero-order valence-corrected chi connectivity index (χ0v) is 11.4. The van der Waals surface area contributed by atoms with Crippen LogP contribution >= 0.6 is 11.6 Å². The zero-order valence-electron chi connectivity index (χ0n) is 10.6. The van der Waals surface area contributed by atoms with Crippen LogP contribution in [0.3, 0.4) is 0 Å². The summed E-state index contributed by atoms with van der Waals surface area (Å²) < 4.78 is 5.01. The van der Waals surface area contributed by atoms with E-state index in [9.17, 15) is 0 Å². The highest BCUT2D eigenvalue weighted by Crippen LogP contribution is 2.21. The van der Waals surface area contributed by atoms with Crippen molar-refractivity contribution >= 4 is 11.6 Å². The van der Waals surface area contributed by atoms with Crippen LogP contribution in [-0.4, -0.2) is 26.3 Å². The second-order valence-electron chi connectivity index (χ2n) is 4.48. The Morgan fingerprint density at radius 2 is 2.18 bits per heavy atom. The maximum absolute atomic E-state index is 5.98. The van der Waals surface area contributed by atoms with E-state index in [0.29, 0.717) is 11.1 Å². The molecule has 0 spiro atoms. The molecule has 1 aliphatic carbocycles. The molecule has 1 aliphatic rings. The molecule has 0 unspecified atom stereocenters. The minimum Gasteiger partial charge on any atom is -0.385 e. The van der Waals surface area contributed by atoms with Gasteiger partial charge in [-0.05, 0) is 31.3 Å². The Labute approximate surface area is 109 Å². The zero-order chi connectivity index (χ0) is 12.7. The number of halogens is 1. The van der Waals surface area contributed by atoms with E-state index in [4.69, 9.17) is 16.3 Å². The quantitative estimate of drug-likeness (QED) is 0.504. The van der Waals surface area contributed by atoms with E-state index in [2.05, 4.69) is 18.5 Å². The highest BCUT2D eigenvalue weighted by Gasteiger charge is 2.20. The van der Waals surface area contributed by atoms with Gasteiger partial charge in [0.25, 0.3) is 0 Å². The molecular formula is C14H22ClNO. The molecule has 17 heavy (non-hydrogen) atoms. The molecule has 96 valence electrons. The largest absolute Gasteiger partial charge is 0.385 e. The lowest BCUT2D eigenvalue weighted by Crippen LogP contribution is -2.19. The van der Waals surface area contributed by atoms with Crippen molar-refractivity contribution in [1.82, 2.24) is 5.32 Å². The summed E-state index contributed by atoms with van der Waals surface area (Å²) in [6.07, 6.45) is 6.52. The molecule has 0 aromatic carbocycles. The highest BCUT2D eigenvalue weighted by atomic mass is 35.5. The Bertz CT molecular complexity index is 305. The predicted octanol–water partition coefficient (Wildman–Crippen LogP) is 3.40. The van der Waals surface area contributed by atoms with Crippen molar-refractivity contribution in [3.63, 3.8) is 0 Å². The van der Waals surface area contributed by atoms with Gasteiger partial charge >= 0.3 is 0 Å². The Morgan fingerprint density at radius 1 is 1.47 bits per heavy atom. The standard InChI is InChI=1S/C14H22ClNO/c1-11(5-4-8-17-3)9-13(12(2)15)10-16-14-6-7-14/h9,14,16H,1-2,4-8,10H2,3H3/b13-9-. The van der Waals surface area contributed by atoms with Crippen molar-refractivity contribution < 1.29 is 4.74 Å². The SMILES string of the molecule is C=C(/C=C(/CNC1CC1)C(=C)Cl)CCCOC. The van der Waals surface area contributed by atoms with Gasteiger partial charge in [0.15, 0.2) is 0 Å². The lowest BCUT2D eigenvalue weighted by Gasteiger charge is -2.08. The summed E-state index contributed by atoms with van der Waals surface area (Å²) in [7, 11) is 1.71. The number of hydrogen-bond acceptors (Lipinski definition) is 2. The highest BCUT2D eigenvalue weighted by molar-refractivity contribution is 6.31. The summed E-state index contributed by atoms with van der Waals surface area (Å²) >= 11 is 5.98. The second kappa shape index (κ2) is 7.70. The third-order valence-electron chi connectivity index (χ3n) is 2.73. The molecule has 1 rings (SSSR count). The molecule has 0 bridgehead atoms. The van der Waals surface area contributed by atoms with Crippen LogP contribution in [0.25, 0.3) is 0 Å². The maximum Gasteiger partial charge on any atom is 0.0465 e. The normalized spacial score (nSPS) is 16.0. The second-order valence-corrected chi connectivity index (χ2v) is 4.94. The maximum atomic E-state index is 5.98. The lowest BCUT2D eigenvalue weighted by molar-refractivity contribution is 0.195. The smallest absolute Gasteiger partial charge is 0.0465 e. The van der Waals surface area contributed by atoms with Gasteiger partial charge in [-0.2, -0.15) is 0 Å². The number of hydrogen-bond donors (Lipinski definition) is 1. The van der Waals surface area contributed by atoms with Crippen molar-refractivity contribution in [1.29, 1.82) is 0 Å². The molecule has 0 aliphatic heterocycles. The Morgan fingerprint density at radius 3 is 2.71 bits per heavy atom. The number of allylic oxidation sites excluding steroid dienone is 2. The van der Waals surface area contributed by atoms with E-state index < -0.39 is 0 Å². The fourth-order valence-corrected chi connectivity index (χ4v) is 1.65. The summed E-state index contributed by atoms with van der Waals surface area (Å²) in [5, 5.41) is 4.03. The molecule has 1 N–H and O–H groups in total. The van der Waals surface area contributed by atoms with Crippen LogP contribution in [-0.2, 0) is 4.74 Å². The fourth-order valence-electron chi connectivity index (χ4n) is 1.53. The molecule has 0 amide bonds.